The van der Waals surface area contributed by atoms with Crippen molar-refractivity contribution in [1.82, 2.24) is 4.90 Å². The van der Waals surface area contributed by atoms with Gasteiger partial charge in [-0.15, -0.1) is 11.8 Å². The molecule has 1 fully saturated rings. The van der Waals surface area contributed by atoms with Gasteiger partial charge in [0.25, 0.3) is 0 Å². The predicted molar refractivity (Wildman–Crippen MR) is 79.3 cm³/mol. The van der Waals surface area contributed by atoms with Crippen LogP contribution >= 0.6 is 11.8 Å². The zero-order chi connectivity index (χ0) is 13.5. The van der Waals surface area contributed by atoms with Crippen molar-refractivity contribution in [2.75, 3.05) is 25.4 Å². The van der Waals surface area contributed by atoms with Crippen LogP contribution in [-0.2, 0) is 11.2 Å². The van der Waals surface area contributed by atoms with E-state index < -0.39 is 0 Å². The van der Waals surface area contributed by atoms with Crippen molar-refractivity contribution in [2.45, 2.75) is 24.5 Å². The first kappa shape index (κ1) is 14.4. The van der Waals surface area contributed by atoms with Crippen molar-refractivity contribution in [1.29, 1.82) is 0 Å². The first-order valence-corrected chi connectivity index (χ1v) is 7.91. The van der Waals surface area contributed by atoms with Gasteiger partial charge in [-0.3, -0.25) is 4.79 Å². The predicted octanol–water partition coefficient (Wildman–Crippen LogP) is 1.95. The fraction of sp³-hybridized carbons (Fsp3) is 0.533. The molecule has 104 valence electrons. The molecule has 0 saturated carbocycles. The molecule has 1 amide bonds. The Morgan fingerprint density at radius 2 is 2.11 bits per heavy atom. The molecular formula is C15H21NO2S. The Hall–Kier alpha value is -1.00. The first-order chi connectivity index (χ1) is 9.31. The molecule has 1 heterocycles. The number of aliphatic hydroxyl groups excluding tert-OH is 1. The molecule has 1 atom stereocenters. The van der Waals surface area contributed by atoms with E-state index in [0.717, 1.165) is 25.0 Å². The van der Waals surface area contributed by atoms with Gasteiger partial charge in [0.1, 0.15) is 0 Å². The maximum Gasteiger partial charge on any atom is 0.235 e. The standard InChI is InChI=1S/C15H21NO2S/c17-11-10-16(15(18)14-7-4-12-19-14)9-8-13-5-2-1-3-6-13/h1-3,5-6,14,17H,4,7-12H2. The van der Waals surface area contributed by atoms with E-state index in [0.29, 0.717) is 13.1 Å². The average molecular weight is 279 g/mol. The lowest BCUT2D eigenvalue weighted by atomic mass is 10.1. The van der Waals surface area contributed by atoms with Crippen molar-refractivity contribution < 1.29 is 9.90 Å². The van der Waals surface area contributed by atoms with Gasteiger partial charge < -0.3 is 10.0 Å². The maximum atomic E-state index is 12.4. The van der Waals surface area contributed by atoms with Crippen LogP contribution < -0.4 is 0 Å². The third-order valence-electron chi connectivity index (χ3n) is 3.40. The third-order valence-corrected chi connectivity index (χ3v) is 4.76. The van der Waals surface area contributed by atoms with E-state index >= 15 is 0 Å². The number of carbonyl (C=O) groups is 1. The molecule has 1 aliphatic heterocycles. The van der Waals surface area contributed by atoms with Crippen molar-refractivity contribution in [3.05, 3.63) is 35.9 Å². The number of hydrogen-bond donors (Lipinski definition) is 1. The molecule has 4 heteroatoms. The third kappa shape index (κ3) is 4.25. The molecular weight excluding hydrogens is 258 g/mol. The van der Waals surface area contributed by atoms with Gasteiger partial charge in [0, 0.05) is 13.1 Å². The lowest BCUT2D eigenvalue weighted by Crippen LogP contribution is -2.40. The number of thioether (sulfide) groups is 1. The van der Waals surface area contributed by atoms with E-state index in [1.165, 1.54) is 5.56 Å². The Labute approximate surface area is 119 Å². The molecule has 1 unspecified atom stereocenters. The molecule has 1 aromatic carbocycles. The quantitative estimate of drug-likeness (QED) is 0.865. The molecule has 1 N–H and O–H groups in total. The number of aliphatic hydroxyl groups is 1. The molecule has 3 nitrogen and oxygen atoms in total. The van der Waals surface area contributed by atoms with Gasteiger partial charge in [0.15, 0.2) is 0 Å². The van der Waals surface area contributed by atoms with Gasteiger partial charge >= 0.3 is 0 Å². The van der Waals surface area contributed by atoms with Crippen LogP contribution in [0.15, 0.2) is 30.3 Å². The Kier molecular flexibility index (Phi) is 5.73. The summed E-state index contributed by atoms with van der Waals surface area (Å²) in [4.78, 5) is 14.2. The van der Waals surface area contributed by atoms with Gasteiger partial charge in [-0.25, -0.2) is 0 Å². The highest BCUT2D eigenvalue weighted by atomic mass is 32.2. The zero-order valence-corrected chi connectivity index (χ0v) is 11.9. The number of benzene rings is 1. The van der Waals surface area contributed by atoms with Crippen molar-refractivity contribution in [2.24, 2.45) is 0 Å². The van der Waals surface area contributed by atoms with E-state index in [9.17, 15) is 4.79 Å². The van der Waals surface area contributed by atoms with E-state index in [1.807, 2.05) is 23.1 Å². The van der Waals surface area contributed by atoms with E-state index in [1.54, 1.807) is 11.8 Å². The number of carbonyl (C=O) groups excluding carboxylic acids is 1. The van der Waals surface area contributed by atoms with E-state index in [4.69, 9.17) is 5.11 Å². The zero-order valence-electron chi connectivity index (χ0n) is 11.1. The Bertz CT molecular complexity index is 390. The summed E-state index contributed by atoms with van der Waals surface area (Å²) in [6, 6.07) is 10.2. The van der Waals surface area contributed by atoms with E-state index in [-0.39, 0.29) is 17.8 Å². The minimum absolute atomic E-state index is 0.0396. The van der Waals surface area contributed by atoms with Gasteiger partial charge in [-0.2, -0.15) is 0 Å². The van der Waals surface area contributed by atoms with Gasteiger partial charge in [-0.1, -0.05) is 30.3 Å². The molecule has 1 aliphatic rings. The van der Waals surface area contributed by atoms with Crippen molar-refractivity contribution in [3.8, 4) is 0 Å². The van der Waals surface area contributed by atoms with Crippen LogP contribution in [0.1, 0.15) is 18.4 Å². The first-order valence-electron chi connectivity index (χ1n) is 6.86. The highest BCUT2D eigenvalue weighted by Gasteiger charge is 2.27. The SMILES string of the molecule is O=C(C1CCCS1)N(CCO)CCc1ccccc1. The summed E-state index contributed by atoms with van der Waals surface area (Å²) < 4.78 is 0. The summed E-state index contributed by atoms with van der Waals surface area (Å²) >= 11 is 1.75. The molecule has 0 spiro atoms. The second-order valence-corrected chi connectivity index (χ2v) is 6.10. The van der Waals surface area contributed by atoms with E-state index in [2.05, 4.69) is 12.1 Å². The van der Waals surface area contributed by atoms with Gasteiger partial charge in [0.05, 0.1) is 11.9 Å². The molecule has 1 saturated heterocycles. The highest BCUT2D eigenvalue weighted by molar-refractivity contribution is 8.00. The number of nitrogens with zero attached hydrogens (tertiary/aromatic N) is 1. The molecule has 2 rings (SSSR count). The summed E-state index contributed by atoms with van der Waals surface area (Å²) in [5, 5.41) is 9.24. The smallest absolute Gasteiger partial charge is 0.235 e. The van der Waals surface area contributed by atoms with Gasteiger partial charge in [-0.05, 0) is 30.6 Å². The van der Waals surface area contributed by atoms with Crippen LogP contribution in [-0.4, -0.2) is 46.6 Å². The maximum absolute atomic E-state index is 12.4. The summed E-state index contributed by atoms with van der Waals surface area (Å²) in [5.74, 6) is 1.29. The molecule has 0 aliphatic carbocycles. The fourth-order valence-electron chi connectivity index (χ4n) is 2.34. The Balaban J connectivity index is 1.90. The summed E-state index contributed by atoms with van der Waals surface area (Å²) in [5.41, 5.74) is 1.23. The van der Waals surface area contributed by atoms with Gasteiger partial charge in [0.2, 0.25) is 5.91 Å². The van der Waals surface area contributed by atoms with Crippen LogP contribution in [0, 0.1) is 0 Å². The van der Waals surface area contributed by atoms with Crippen LogP contribution in [0.5, 0.6) is 0 Å². The molecule has 0 radical (unpaired) electrons. The van der Waals surface area contributed by atoms with Crippen LogP contribution in [0.4, 0.5) is 0 Å². The number of amides is 1. The average Bonchev–Trinajstić information content (AvgIpc) is 2.98. The summed E-state index contributed by atoms with van der Waals surface area (Å²) in [6.45, 7) is 1.18. The topological polar surface area (TPSA) is 40.5 Å². The second-order valence-electron chi connectivity index (χ2n) is 4.79. The summed E-state index contributed by atoms with van der Waals surface area (Å²) in [6.07, 6.45) is 2.97. The summed E-state index contributed by atoms with van der Waals surface area (Å²) in [7, 11) is 0. The van der Waals surface area contributed by atoms with Crippen LogP contribution in [0.3, 0.4) is 0 Å². The molecule has 19 heavy (non-hydrogen) atoms. The molecule has 0 aromatic heterocycles. The minimum atomic E-state index is 0.0396. The normalized spacial score (nSPS) is 18.5. The van der Waals surface area contributed by atoms with Crippen LogP contribution in [0.2, 0.25) is 0 Å². The number of rotatable bonds is 6. The lowest BCUT2D eigenvalue weighted by molar-refractivity contribution is -0.131. The lowest BCUT2D eigenvalue weighted by Gasteiger charge is -2.24. The minimum Gasteiger partial charge on any atom is -0.395 e. The monoisotopic (exact) mass is 279 g/mol. The highest BCUT2D eigenvalue weighted by Crippen LogP contribution is 2.27. The Morgan fingerprint density at radius 1 is 1.32 bits per heavy atom. The van der Waals surface area contributed by atoms with Crippen LogP contribution in [0.25, 0.3) is 0 Å². The largest absolute Gasteiger partial charge is 0.395 e. The Morgan fingerprint density at radius 3 is 2.74 bits per heavy atom. The van der Waals surface area contributed by atoms with Crippen molar-refractivity contribution >= 4 is 17.7 Å². The molecule has 1 aromatic rings. The molecule has 0 bridgehead atoms. The fourth-order valence-corrected chi connectivity index (χ4v) is 3.58. The van der Waals surface area contributed by atoms with Crippen molar-refractivity contribution in [3.63, 3.8) is 0 Å². The second kappa shape index (κ2) is 7.56. The number of hydrogen-bond acceptors (Lipinski definition) is 3.